The van der Waals surface area contributed by atoms with Crippen LogP contribution in [0, 0.1) is 11.3 Å². The fourth-order valence-corrected chi connectivity index (χ4v) is 2.78. The third-order valence-electron chi connectivity index (χ3n) is 3.74. The summed E-state index contributed by atoms with van der Waals surface area (Å²) in [5.41, 5.74) is 1.67. The first-order chi connectivity index (χ1) is 9.99. The molecule has 0 aliphatic heterocycles. The Hall–Kier alpha value is -1.86. The molecule has 1 aromatic carbocycles. The molecule has 0 bridgehead atoms. The Morgan fingerprint density at radius 3 is 2.71 bits per heavy atom. The van der Waals surface area contributed by atoms with Gasteiger partial charge in [-0.25, -0.2) is 4.98 Å². The van der Waals surface area contributed by atoms with Crippen LogP contribution in [0.1, 0.15) is 39.9 Å². The van der Waals surface area contributed by atoms with Gasteiger partial charge in [-0.15, -0.1) is 0 Å². The number of rotatable bonds is 6. The van der Waals surface area contributed by atoms with Crippen molar-refractivity contribution in [1.29, 1.82) is 5.26 Å². The summed E-state index contributed by atoms with van der Waals surface area (Å²) in [6.07, 6.45) is 1.66. The van der Waals surface area contributed by atoms with E-state index in [1.165, 1.54) is 0 Å². The highest BCUT2D eigenvalue weighted by Crippen LogP contribution is 2.19. The highest BCUT2D eigenvalue weighted by molar-refractivity contribution is 5.75. The zero-order valence-electron chi connectivity index (χ0n) is 13.3. The number of imidazole rings is 1. The summed E-state index contributed by atoms with van der Waals surface area (Å²) in [6, 6.07) is 10.9. The molecule has 1 unspecified atom stereocenters. The molecular weight excluding hydrogens is 260 g/mol. The number of fused-ring (bicyclic) bond motifs is 1. The Morgan fingerprint density at radius 1 is 1.38 bits per heavy atom. The lowest BCUT2D eigenvalue weighted by molar-refractivity contribution is 0.362. The number of hydrogen-bond acceptors (Lipinski definition) is 3. The monoisotopic (exact) mass is 284 g/mol. The van der Waals surface area contributed by atoms with E-state index in [2.05, 4.69) is 47.8 Å². The second-order valence-corrected chi connectivity index (χ2v) is 6.01. The van der Waals surface area contributed by atoms with Crippen LogP contribution >= 0.6 is 0 Å². The van der Waals surface area contributed by atoms with Crippen molar-refractivity contribution in [3.8, 4) is 6.07 Å². The lowest BCUT2D eigenvalue weighted by atomic mass is 9.98. The van der Waals surface area contributed by atoms with Crippen LogP contribution in [0.5, 0.6) is 0 Å². The van der Waals surface area contributed by atoms with Crippen molar-refractivity contribution in [1.82, 2.24) is 14.9 Å². The van der Waals surface area contributed by atoms with Gasteiger partial charge in [0.25, 0.3) is 0 Å². The summed E-state index contributed by atoms with van der Waals surface area (Å²) in [7, 11) is 0. The van der Waals surface area contributed by atoms with Gasteiger partial charge in [0.2, 0.25) is 0 Å². The van der Waals surface area contributed by atoms with E-state index in [4.69, 9.17) is 0 Å². The van der Waals surface area contributed by atoms with Crippen LogP contribution < -0.4 is 5.32 Å². The average Bonchev–Trinajstić information content (AvgIpc) is 2.82. The Morgan fingerprint density at radius 2 is 2.10 bits per heavy atom. The minimum Gasteiger partial charge on any atom is -0.328 e. The molecule has 0 aliphatic carbocycles. The van der Waals surface area contributed by atoms with Crippen molar-refractivity contribution in [3.05, 3.63) is 30.1 Å². The van der Waals surface area contributed by atoms with Gasteiger partial charge in [-0.1, -0.05) is 19.1 Å². The summed E-state index contributed by atoms with van der Waals surface area (Å²) in [5.74, 6) is 1.08. The number of aromatic nitrogens is 2. The van der Waals surface area contributed by atoms with Crippen molar-refractivity contribution in [2.75, 3.05) is 0 Å². The summed E-state index contributed by atoms with van der Waals surface area (Å²) >= 11 is 0. The Balaban J connectivity index is 2.25. The Bertz CT molecular complexity index is 650. The zero-order chi connectivity index (χ0) is 15.5. The van der Waals surface area contributed by atoms with Crippen LogP contribution in [-0.4, -0.2) is 21.1 Å². The molecular formula is C17H24N4. The van der Waals surface area contributed by atoms with Crippen molar-refractivity contribution >= 4 is 11.0 Å². The van der Waals surface area contributed by atoms with E-state index in [9.17, 15) is 5.26 Å². The molecule has 0 saturated carbocycles. The molecule has 0 aliphatic rings. The first kappa shape index (κ1) is 15.5. The third-order valence-corrected chi connectivity index (χ3v) is 3.74. The van der Waals surface area contributed by atoms with Crippen molar-refractivity contribution in [2.24, 2.45) is 0 Å². The number of nitrogens with zero attached hydrogens (tertiary/aromatic N) is 3. The van der Waals surface area contributed by atoms with Crippen molar-refractivity contribution in [2.45, 2.75) is 58.7 Å². The summed E-state index contributed by atoms with van der Waals surface area (Å²) in [6.45, 7) is 9.03. The van der Waals surface area contributed by atoms with Crippen LogP contribution in [0.4, 0.5) is 0 Å². The first-order valence-corrected chi connectivity index (χ1v) is 7.62. The fraction of sp³-hybridized carbons (Fsp3) is 0.529. The molecule has 1 atom stereocenters. The zero-order valence-corrected chi connectivity index (χ0v) is 13.3. The molecule has 0 saturated heterocycles. The molecule has 2 rings (SSSR count). The third kappa shape index (κ3) is 3.43. The van der Waals surface area contributed by atoms with Gasteiger partial charge < -0.3 is 4.57 Å². The van der Waals surface area contributed by atoms with E-state index in [-0.39, 0.29) is 0 Å². The number of aryl methyl sites for hydroxylation is 2. The molecule has 4 heteroatoms. The maximum Gasteiger partial charge on any atom is 0.109 e. The molecule has 21 heavy (non-hydrogen) atoms. The first-order valence-electron chi connectivity index (χ1n) is 7.62. The molecule has 1 aromatic heterocycles. The van der Waals surface area contributed by atoms with Gasteiger partial charge in [0.15, 0.2) is 0 Å². The fourth-order valence-electron chi connectivity index (χ4n) is 2.78. The number of nitrogens with one attached hydrogen (secondary N) is 1. The van der Waals surface area contributed by atoms with Gasteiger partial charge >= 0.3 is 0 Å². The highest BCUT2D eigenvalue weighted by Gasteiger charge is 2.24. The van der Waals surface area contributed by atoms with Crippen LogP contribution in [0.3, 0.4) is 0 Å². The van der Waals surface area contributed by atoms with Gasteiger partial charge in [0, 0.05) is 19.0 Å². The quantitative estimate of drug-likeness (QED) is 0.885. The summed E-state index contributed by atoms with van der Waals surface area (Å²) in [4.78, 5) is 4.68. The van der Waals surface area contributed by atoms with E-state index in [0.717, 1.165) is 36.2 Å². The number of hydrogen-bond donors (Lipinski definition) is 1. The van der Waals surface area contributed by atoms with E-state index in [1.54, 1.807) is 0 Å². The largest absolute Gasteiger partial charge is 0.328 e. The molecule has 0 fully saturated rings. The van der Waals surface area contributed by atoms with Gasteiger partial charge in [-0.3, -0.25) is 5.32 Å². The lowest BCUT2D eigenvalue weighted by Crippen LogP contribution is -2.45. The summed E-state index contributed by atoms with van der Waals surface area (Å²) in [5, 5.41) is 12.8. The van der Waals surface area contributed by atoms with Crippen LogP contribution in [0.2, 0.25) is 0 Å². The second kappa shape index (κ2) is 6.28. The predicted molar refractivity (Wildman–Crippen MR) is 86.0 cm³/mol. The van der Waals surface area contributed by atoms with Crippen LogP contribution in [0.15, 0.2) is 24.3 Å². The maximum absolute atomic E-state index is 9.47. The second-order valence-electron chi connectivity index (χ2n) is 6.01. The lowest BCUT2D eigenvalue weighted by Gasteiger charge is -2.26. The van der Waals surface area contributed by atoms with Gasteiger partial charge in [0.05, 0.1) is 17.1 Å². The maximum atomic E-state index is 9.47. The topological polar surface area (TPSA) is 53.6 Å². The predicted octanol–water partition coefficient (Wildman–Crippen LogP) is 3.27. The van der Waals surface area contributed by atoms with Gasteiger partial charge in [0.1, 0.15) is 11.4 Å². The van der Waals surface area contributed by atoms with Gasteiger partial charge in [-0.05, 0) is 39.3 Å². The average molecular weight is 284 g/mol. The minimum absolute atomic E-state index is 0.292. The highest BCUT2D eigenvalue weighted by atomic mass is 15.1. The smallest absolute Gasteiger partial charge is 0.109 e. The standard InChI is InChI=1S/C17H24N4/c1-5-16-19-14-8-6-7-9-15(14)21(16)11-10-17(4,12-18)20-13(2)3/h6-9,13,20H,5,10-11H2,1-4H3. The molecule has 1 N–H and O–H groups in total. The van der Waals surface area contributed by atoms with E-state index >= 15 is 0 Å². The minimum atomic E-state index is -0.509. The summed E-state index contributed by atoms with van der Waals surface area (Å²) < 4.78 is 2.24. The van der Waals surface area contributed by atoms with Crippen molar-refractivity contribution < 1.29 is 0 Å². The van der Waals surface area contributed by atoms with E-state index in [0.29, 0.717) is 6.04 Å². The molecule has 0 amide bonds. The van der Waals surface area contributed by atoms with Crippen LogP contribution in [0.25, 0.3) is 11.0 Å². The molecule has 0 radical (unpaired) electrons. The molecule has 4 nitrogen and oxygen atoms in total. The molecule has 1 heterocycles. The van der Waals surface area contributed by atoms with E-state index in [1.807, 2.05) is 25.1 Å². The number of benzene rings is 1. The SMILES string of the molecule is CCc1nc2ccccc2n1CCC(C)(C#N)NC(C)C. The van der Waals surface area contributed by atoms with Gasteiger partial charge in [-0.2, -0.15) is 5.26 Å². The molecule has 2 aromatic rings. The molecule has 0 spiro atoms. The Labute approximate surface area is 126 Å². The van der Waals surface area contributed by atoms with Crippen LogP contribution in [-0.2, 0) is 13.0 Å². The van der Waals surface area contributed by atoms with E-state index < -0.39 is 5.54 Å². The molecule has 112 valence electrons. The van der Waals surface area contributed by atoms with Crippen molar-refractivity contribution in [3.63, 3.8) is 0 Å². The Kier molecular flexibility index (Phi) is 4.64. The number of para-hydroxylation sites is 2. The number of nitriles is 1. The normalized spacial score (nSPS) is 14.3.